The minimum absolute atomic E-state index is 0.0957. The number of carbonyl (C=O) groups is 1. The molecule has 2 aromatic heterocycles. The van der Waals surface area contributed by atoms with Gasteiger partial charge in [0.2, 0.25) is 5.91 Å². The second-order valence-electron chi connectivity index (χ2n) is 11.3. The molecule has 7 nitrogen and oxygen atoms in total. The maximum atomic E-state index is 14.3. The van der Waals surface area contributed by atoms with Gasteiger partial charge in [0.1, 0.15) is 5.82 Å². The summed E-state index contributed by atoms with van der Waals surface area (Å²) in [7, 11) is 1.91. The van der Waals surface area contributed by atoms with Crippen LogP contribution in [0.5, 0.6) is 0 Å². The number of hydrogen-bond donors (Lipinski definition) is 1. The summed E-state index contributed by atoms with van der Waals surface area (Å²) in [6.07, 6.45) is 6.41. The van der Waals surface area contributed by atoms with Crippen molar-refractivity contribution in [3.63, 3.8) is 0 Å². The molecule has 4 aromatic rings. The number of benzene rings is 2. The van der Waals surface area contributed by atoms with Crippen molar-refractivity contribution in [2.75, 3.05) is 4.90 Å². The standard InChI is InChI=1S/C30H33F2N5O2/c1-18-17-33-35(3)28(18)19-7-10-25-24(15-19)34-29(37(25)20-11-13-30(2,39)14-12-20)26-5-4-6-27(38)36(26)21-8-9-22(31)23(32)16-21/h7-10,15-17,20,26,39H,4-6,11-14H2,1-3H3/t20-,26-,30+/m0/s1. The fraction of sp³-hybridized carbons (Fsp3) is 0.433. The van der Waals surface area contributed by atoms with Gasteiger partial charge in [-0.2, -0.15) is 5.10 Å². The van der Waals surface area contributed by atoms with Gasteiger partial charge in [0.05, 0.1) is 34.6 Å². The molecule has 1 amide bonds. The monoisotopic (exact) mass is 533 g/mol. The normalized spacial score (nSPS) is 24.1. The van der Waals surface area contributed by atoms with E-state index in [0.29, 0.717) is 37.8 Å². The maximum Gasteiger partial charge on any atom is 0.227 e. The number of halogens is 2. The lowest BCUT2D eigenvalue weighted by atomic mass is 9.83. The third kappa shape index (κ3) is 4.52. The van der Waals surface area contributed by atoms with E-state index in [2.05, 4.69) is 27.9 Å². The highest BCUT2D eigenvalue weighted by Crippen LogP contribution is 2.43. The second-order valence-corrected chi connectivity index (χ2v) is 11.3. The lowest BCUT2D eigenvalue weighted by molar-refractivity contribution is -0.120. The first-order valence-electron chi connectivity index (χ1n) is 13.6. The van der Waals surface area contributed by atoms with Gasteiger partial charge in [-0.25, -0.2) is 13.8 Å². The number of nitrogens with zero attached hydrogens (tertiary/aromatic N) is 5. The Morgan fingerprint density at radius 2 is 1.82 bits per heavy atom. The van der Waals surface area contributed by atoms with Crippen LogP contribution in [0.3, 0.4) is 0 Å². The third-order valence-corrected chi connectivity index (χ3v) is 8.44. The highest BCUT2D eigenvalue weighted by atomic mass is 19.2. The number of fused-ring (bicyclic) bond motifs is 1. The summed E-state index contributed by atoms with van der Waals surface area (Å²) in [4.78, 5) is 20.0. The van der Waals surface area contributed by atoms with E-state index in [9.17, 15) is 18.7 Å². The topological polar surface area (TPSA) is 76.2 Å². The number of anilines is 1. The van der Waals surface area contributed by atoms with Gasteiger partial charge < -0.3 is 14.6 Å². The number of aryl methyl sites for hydroxylation is 2. The van der Waals surface area contributed by atoms with Crippen LogP contribution in [0, 0.1) is 18.6 Å². The zero-order valence-electron chi connectivity index (χ0n) is 22.5. The Hall–Kier alpha value is -3.59. The average Bonchev–Trinajstić information content (AvgIpc) is 3.44. The molecule has 39 heavy (non-hydrogen) atoms. The van der Waals surface area contributed by atoms with Gasteiger partial charge in [-0.05, 0) is 82.2 Å². The molecule has 0 unspecified atom stereocenters. The Labute approximate surface area is 226 Å². The van der Waals surface area contributed by atoms with Crippen LogP contribution in [0.15, 0.2) is 42.6 Å². The molecule has 1 aliphatic carbocycles. The van der Waals surface area contributed by atoms with Crippen molar-refractivity contribution in [2.45, 2.75) is 76.5 Å². The summed E-state index contributed by atoms with van der Waals surface area (Å²) in [5.74, 6) is -1.31. The van der Waals surface area contributed by atoms with Crippen molar-refractivity contribution in [1.82, 2.24) is 19.3 Å². The van der Waals surface area contributed by atoms with E-state index < -0.39 is 23.3 Å². The van der Waals surface area contributed by atoms with Crippen molar-refractivity contribution >= 4 is 22.6 Å². The molecule has 6 rings (SSSR count). The average molecular weight is 534 g/mol. The zero-order valence-corrected chi connectivity index (χ0v) is 22.5. The van der Waals surface area contributed by atoms with Crippen LogP contribution in [-0.2, 0) is 11.8 Å². The maximum absolute atomic E-state index is 14.3. The van der Waals surface area contributed by atoms with E-state index in [4.69, 9.17) is 4.98 Å². The van der Waals surface area contributed by atoms with Gasteiger partial charge in [0, 0.05) is 36.8 Å². The molecule has 1 N–H and O–H groups in total. The van der Waals surface area contributed by atoms with Crippen molar-refractivity contribution in [1.29, 1.82) is 0 Å². The molecule has 9 heteroatoms. The summed E-state index contributed by atoms with van der Waals surface area (Å²) >= 11 is 0. The van der Waals surface area contributed by atoms with Gasteiger partial charge in [0.25, 0.3) is 0 Å². The first kappa shape index (κ1) is 25.7. The number of hydrogen-bond acceptors (Lipinski definition) is 4. The second kappa shape index (κ2) is 9.55. The van der Waals surface area contributed by atoms with Gasteiger partial charge in [-0.15, -0.1) is 0 Å². The van der Waals surface area contributed by atoms with E-state index in [-0.39, 0.29) is 11.9 Å². The molecular weight excluding hydrogens is 500 g/mol. The van der Waals surface area contributed by atoms with E-state index in [0.717, 1.165) is 58.7 Å². The highest BCUT2D eigenvalue weighted by molar-refractivity contribution is 5.95. The Balaban J connectivity index is 1.51. The Bertz CT molecular complexity index is 1540. The summed E-state index contributed by atoms with van der Waals surface area (Å²) in [5.41, 5.74) is 4.48. The molecule has 0 radical (unpaired) electrons. The summed E-state index contributed by atoms with van der Waals surface area (Å²) < 4.78 is 32.1. The number of aliphatic hydroxyl groups is 1. The van der Waals surface area contributed by atoms with E-state index >= 15 is 0 Å². The molecule has 2 aromatic carbocycles. The largest absolute Gasteiger partial charge is 0.390 e. The molecule has 1 atom stereocenters. The molecule has 2 fully saturated rings. The number of piperidine rings is 1. The van der Waals surface area contributed by atoms with Crippen molar-refractivity contribution < 1.29 is 18.7 Å². The van der Waals surface area contributed by atoms with Gasteiger partial charge in [-0.3, -0.25) is 9.48 Å². The zero-order chi connectivity index (χ0) is 27.5. The highest BCUT2D eigenvalue weighted by Gasteiger charge is 2.37. The SMILES string of the molecule is Cc1cnn(C)c1-c1ccc2c(c1)nc([C@@H]1CCCC(=O)N1c1ccc(F)c(F)c1)n2[C@H]1CC[C@@](C)(O)CC1. The molecule has 0 bridgehead atoms. The first-order chi connectivity index (χ1) is 18.6. The smallest absolute Gasteiger partial charge is 0.227 e. The van der Waals surface area contributed by atoms with Crippen LogP contribution < -0.4 is 4.90 Å². The minimum atomic E-state index is -0.983. The molecule has 2 aliphatic rings. The van der Waals surface area contributed by atoms with E-state index in [1.54, 1.807) is 4.90 Å². The number of carbonyl (C=O) groups excluding carboxylic acids is 1. The van der Waals surface area contributed by atoms with Crippen LogP contribution in [-0.4, -0.2) is 35.9 Å². The van der Waals surface area contributed by atoms with Gasteiger partial charge >= 0.3 is 0 Å². The van der Waals surface area contributed by atoms with Crippen LogP contribution in [0.2, 0.25) is 0 Å². The summed E-state index contributed by atoms with van der Waals surface area (Å²) in [5, 5.41) is 15.0. The molecule has 3 heterocycles. The van der Waals surface area contributed by atoms with Gasteiger partial charge in [-0.1, -0.05) is 6.07 Å². The molecule has 1 saturated carbocycles. The molecule has 1 aliphatic heterocycles. The summed E-state index contributed by atoms with van der Waals surface area (Å²) in [6, 6.07) is 9.51. The predicted molar refractivity (Wildman–Crippen MR) is 145 cm³/mol. The Morgan fingerprint density at radius 3 is 2.51 bits per heavy atom. The number of aromatic nitrogens is 4. The number of amides is 1. The molecule has 1 saturated heterocycles. The van der Waals surface area contributed by atoms with Crippen LogP contribution in [0.1, 0.15) is 75.3 Å². The first-order valence-corrected chi connectivity index (χ1v) is 13.6. The lowest BCUT2D eigenvalue weighted by Gasteiger charge is -2.38. The van der Waals surface area contributed by atoms with Gasteiger partial charge in [0.15, 0.2) is 11.6 Å². The lowest BCUT2D eigenvalue weighted by Crippen LogP contribution is -2.40. The summed E-state index contributed by atoms with van der Waals surface area (Å²) in [6.45, 7) is 3.90. The van der Waals surface area contributed by atoms with Crippen LogP contribution in [0.4, 0.5) is 14.5 Å². The minimum Gasteiger partial charge on any atom is -0.390 e. The van der Waals surface area contributed by atoms with Crippen LogP contribution >= 0.6 is 0 Å². The Morgan fingerprint density at radius 1 is 1.05 bits per heavy atom. The van der Waals surface area contributed by atoms with Crippen molar-refractivity contribution in [2.24, 2.45) is 7.05 Å². The van der Waals surface area contributed by atoms with Crippen molar-refractivity contribution in [3.05, 3.63) is 65.6 Å². The predicted octanol–water partition coefficient (Wildman–Crippen LogP) is 6.15. The third-order valence-electron chi connectivity index (χ3n) is 8.44. The molecular formula is C30H33F2N5O2. The number of rotatable bonds is 4. The fourth-order valence-electron chi connectivity index (χ4n) is 6.40. The van der Waals surface area contributed by atoms with E-state index in [1.165, 1.54) is 6.07 Å². The Kier molecular flexibility index (Phi) is 6.29. The van der Waals surface area contributed by atoms with Crippen molar-refractivity contribution in [3.8, 4) is 11.3 Å². The van der Waals surface area contributed by atoms with E-state index in [1.807, 2.05) is 31.8 Å². The molecule has 204 valence electrons. The quantitative estimate of drug-likeness (QED) is 0.342. The molecule has 0 spiro atoms. The van der Waals surface area contributed by atoms with Crippen LogP contribution in [0.25, 0.3) is 22.3 Å². The number of imidazole rings is 1. The fourth-order valence-corrected chi connectivity index (χ4v) is 6.40.